The van der Waals surface area contributed by atoms with Crippen LogP contribution in [0.3, 0.4) is 0 Å². The number of carboxylic acids is 2. The fourth-order valence-electron chi connectivity index (χ4n) is 1.35. The average Bonchev–Trinajstić information content (AvgIpc) is 2.77. The van der Waals surface area contributed by atoms with E-state index in [-0.39, 0.29) is 31.8 Å². The molecule has 0 spiro atoms. The van der Waals surface area contributed by atoms with E-state index < -0.39 is 11.9 Å². The van der Waals surface area contributed by atoms with Gasteiger partial charge in [-0.3, -0.25) is 9.59 Å². The lowest BCUT2D eigenvalue weighted by molar-refractivity contribution is -0.137. The van der Waals surface area contributed by atoms with Crippen molar-refractivity contribution in [3.05, 3.63) is 5.01 Å². The molecule has 0 aliphatic heterocycles. The minimum Gasteiger partial charge on any atom is -0.481 e. The van der Waals surface area contributed by atoms with E-state index in [9.17, 15) is 9.59 Å². The zero-order valence-electron chi connectivity index (χ0n) is 10.9. The number of carbonyl (C=O) groups is 2. The first-order chi connectivity index (χ1) is 8.90. The summed E-state index contributed by atoms with van der Waals surface area (Å²) in [5.41, 5.74) is 0. The number of rotatable bonds is 8. The van der Waals surface area contributed by atoms with Gasteiger partial charge in [0.15, 0.2) is 0 Å². The van der Waals surface area contributed by atoms with E-state index >= 15 is 0 Å². The zero-order chi connectivity index (χ0) is 14.4. The topological polar surface area (TPSA) is 104 Å². The lowest BCUT2D eigenvalue weighted by Gasteiger charge is -2.19. The molecule has 2 N–H and O–H groups in total. The van der Waals surface area contributed by atoms with Crippen LogP contribution < -0.4 is 4.90 Å². The molecule has 1 aromatic rings. The highest BCUT2D eigenvalue weighted by atomic mass is 32.1. The number of aliphatic carboxylic acids is 2. The highest BCUT2D eigenvalue weighted by molar-refractivity contribution is 7.15. The number of carboxylic acid groups (broad SMARTS) is 2. The molecule has 8 heteroatoms. The summed E-state index contributed by atoms with van der Waals surface area (Å²) in [6, 6.07) is 0. The second-order valence-corrected chi connectivity index (χ2v) is 5.34. The van der Waals surface area contributed by atoms with Gasteiger partial charge in [-0.05, 0) is 0 Å². The summed E-state index contributed by atoms with van der Waals surface area (Å²) in [5.74, 6) is -1.60. The number of hydrogen-bond donors (Lipinski definition) is 2. The molecule has 0 atom stereocenters. The molecular weight excluding hydrogens is 270 g/mol. The molecule has 1 rings (SSSR count). The molecule has 106 valence electrons. The van der Waals surface area contributed by atoms with Crippen molar-refractivity contribution in [2.75, 3.05) is 18.0 Å². The molecule has 19 heavy (non-hydrogen) atoms. The second-order valence-electron chi connectivity index (χ2n) is 4.35. The Morgan fingerprint density at radius 1 is 1.16 bits per heavy atom. The number of nitrogens with zero attached hydrogens (tertiary/aromatic N) is 3. The summed E-state index contributed by atoms with van der Waals surface area (Å²) in [7, 11) is 0. The Kier molecular flexibility index (Phi) is 5.68. The Morgan fingerprint density at radius 2 is 1.68 bits per heavy atom. The minimum atomic E-state index is -0.922. The van der Waals surface area contributed by atoms with E-state index in [0.29, 0.717) is 5.13 Å². The monoisotopic (exact) mass is 287 g/mol. The molecule has 1 heterocycles. The molecule has 0 radical (unpaired) electrons. The third-order valence-electron chi connectivity index (χ3n) is 2.39. The van der Waals surface area contributed by atoms with Gasteiger partial charge >= 0.3 is 11.9 Å². The smallest absolute Gasteiger partial charge is 0.305 e. The molecule has 0 bridgehead atoms. The van der Waals surface area contributed by atoms with Gasteiger partial charge in [0, 0.05) is 19.0 Å². The highest BCUT2D eigenvalue weighted by Gasteiger charge is 2.16. The van der Waals surface area contributed by atoms with E-state index in [1.807, 2.05) is 13.8 Å². The quantitative estimate of drug-likeness (QED) is 0.745. The molecule has 0 saturated heterocycles. The Morgan fingerprint density at radius 3 is 2.05 bits per heavy atom. The molecule has 0 aliphatic rings. The Labute approximate surface area is 114 Å². The van der Waals surface area contributed by atoms with Crippen molar-refractivity contribution in [3.63, 3.8) is 0 Å². The Balaban J connectivity index is 2.74. The van der Waals surface area contributed by atoms with Crippen molar-refractivity contribution in [3.8, 4) is 0 Å². The van der Waals surface area contributed by atoms with Gasteiger partial charge in [0.2, 0.25) is 5.13 Å². The van der Waals surface area contributed by atoms with Crippen LogP contribution in [0.5, 0.6) is 0 Å². The first-order valence-electron chi connectivity index (χ1n) is 5.92. The van der Waals surface area contributed by atoms with Crippen molar-refractivity contribution in [1.82, 2.24) is 10.2 Å². The van der Waals surface area contributed by atoms with Crippen LogP contribution in [0, 0.1) is 0 Å². The van der Waals surface area contributed by atoms with E-state index in [1.165, 1.54) is 11.3 Å². The molecular formula is C11H17N3O4S. The number of anilines is 1. The van der Waals surface area contributed by atoms with Crippen molar-refractivity contribution in [1.29, 1.82) is 0 Å². The average molecular weight is 287 g/mol. The van der Waals surface area contributed by atoms with Crippen LogP contribution in [-0.2, 0) is 9.59 Å². The van der Waals surface area contributed by atoms with E-state index in [4.69, 9.17) is 10.2 Å². The van der Waals surface area contributed by atoms with Crippen molar-refractivity contribution < 1.29 is 19.8 Å². The van der Waals surface area contributed by atoms with Gasteiger partial charge in [0.25, 0.3) is 0 Å². The maximum Gasteiger partial charge on any atom is 0.305 e. The maximum atomic E-state index is 10.6. The van der Waals surface area contributed by atoms with Gasteiger partial charge in [-0.25, -0.2) is 0 Å². The van der Waals surface area contributed by atoms with Crippen LogP contribution >= 0.6 is 11.3 Å². The fourth-order valence-corrected chi connectivity index (χ4v) is 2.25. The third-order valence-corrected chi connectivity index (χ3v) is 3.67. The van der Waals surface area contributed by atoms with Gasteiger partial charge in [-0.2, -0.15) is 0 Å². The van der Waals surface area contributed by atoms with Gasteiger partial charge in [-0.15, -0.1) is 10.2 Å². The first kappa shape index (κ1) is 15.4. The minimum absolute atomic E-state index is 0.0593. The van der Waals surface area contributed by atoms with Gasteiger partial charge in [0.1, 0.15) is 5.01 Å². The Bertz CT molecular complexity index is 429. The second kappa shape index (κ2) is 7.03. The SMILES string of the molecule is CC(C)c1nnc(N(CCC(=O)O)CCC(=O)O)s1. The predicted octanol–water partition coefficient (Wildman–Crippen LogP) is 1.42. The van der Waals surface area contributed by atoms with E-state index in [0.717, 1.165) is 5.01 Å². The normalized spacial score (nSPS) is 10.7. The van der Waals surface area contributed by atoms with Crippen molar-refractivity contribution >= 4 is 28.4 Å². The molecule has 0 unspecified atom stereocenters. The molecule has 0 amide bonds. The fraction of sp³-hybridized carbons (Fsp3) is 0.636. The van der Waals surface area contributed by atoms with Crippen LogP contribution in [0.25, 0.3) is 0 Å². The van der Waals surface area contributed by atoms with Gasteiger partial charge in [0.05, 0.1) is 12.8 Å². The van der Waals surface area contributed by atoms with Crippen LogP contribution in [0.1, 0.15) is 37.6 Å². The van der Waals surface area contributed by atoms with Gasteiger partial charge in [-0.1, -0.05) is 25.2 Å². The highest BCUT2D eigenvalue weighted by Crippen LogP contribution is 2.25. The van der Waals surface area contributed by atoms with Crippen molar-refractivity contribution in [2.45, 2.75) is 32.6 Å². The molecule has 0 saturated carbocycles. The molecule has 7 nitrogen and oxygen atoms in total. The summed E-state index contributed by atoms with van der Waals surface area (Å²) in [5, 5.41) is 26.9. The maximum absolute atomic E-state index is 10.6. The first-order valence-corrected chi connectivity index (χ1v) is 6.73. The molecule has 0 fully saturated rings. The molecule has 1 aromatic heterocycles. The molecule has 0 aromatic carbocycles. The summed E-state index contributed by atoms with van der Waals surface area (Å²) in [4.78, 5) is 22.9. The largest absolute Gasteiger partial charge is 0.481 e. The Hall–Kier alpha value is -1.70. The van der Waals surface area contributed by atoms with Crippen LogP contribution in [-0.4, -0.2) is 45.4 Å². The van der Waals surface area contributed by atoms with E-state index in [1.54, 1.807) is 4.90 Å². The van der Waals surface area contributed by atoms with E-state index in [2.05, 4.69) is 10.2 Å². The summed E-state index contributed by atoms with van der Waals surface area (Å²) < 4.78 is 0. The summed E-state index contributed by atoms with van der Waals surface area (Å²) >= 11 is 1.37. The van der Waals surface area contributed by atoms with Crippen LogP contribution in [0.4, 0.5) is 5.13 Å². The standard InChI is InChI=1S/C11H17N3O4S/c1-7(2)10-12-13-11(19-10)14(5-3-8(15)16)6-4-9(17)18/h7H,3-6H2,1-2H3,(H,15,16)(H,17,18). The number of hydrogen-bond acceptors (Lipinski definition) is 6. The number of aromatic nitrogens is 2. The molecule has 0 aliphatic carbocycles. The lowest BCUT2D eigenvalue weighted by atomic mass is 10.2. The third kappa shape index (κ3) is 5.21. The summed E-state index contributed by atoms with van der Waals surface area (Å²) in [6.45, 7) is 4.44. The van der Waals surface area contributed by atoms with Crippen LogP contribution in [0.15, 0.2) is 0 Å². The van der Waals surface area contributed by atoms with Gasteiger partial charge < -0.3 is 15.1 Å². The predicted molar refractivity (Wildman–Crippen MR) is 70.7 cm³/mol. The van der Waals surface area contributed by atoms with Crippen LogP contribution in [0.2, 0.25) is 0 Å². The lowest BCUT2D eigenvalue weighted by Crippen LogP contribution is -2.28. The zero-order valence-corrected chi connectivity index (χ0v) is 11.7. The van der Waals surface area contributed by atoms with Crippen molar-refractivity contribution in [2.24, 2.45) is 0 Å². The summed E-state index contributed by atoms with van der Waals surface area (Å²) in [6.07, 6.45) is -0.119.